The molecule has 0 saturated carbocycles. The maximum Gasteiger partial charge on any atom is 0.331 e. The lowest BCUT2D eigenvalue weighted by Gasteiger charge is -2.18. The van der Waals surface area contributed by atoms with Crippen LogP contribution in [0.15, 0.2) is 54.6 Å². The molecule has 1 saturated heterocycles. The van der Waals surface area contributed by atoms with Gasteiger partial charge in [0.25, 0.3) is 5.91 Å². The number of ether oxygens (including phenoxy) is 1. The summed E-state index contributed by atoms with van der Waals surface area (Å²) in [4.78, 5) is 27.3. The van der Waals surface area contributed by atoms with Crippen LogP contribution in [-0.2, 0) is 4.79 Å². The van der Waals surface area contributed by atoms with Crippen LogP contribution in [0.3, 0.4) is 0 Å². The molecule has 0 bridgehead atoms. The van der Waals surface area contributed by atoms with Crippen molar-refractivity contribution in [2.45, 2.75) is 6.10 Å². The number of para-hydroxylation sites is 2. The number of nitrogens with one attached hydrogen (secondary N) is 1. The molecule has 0 radical (unpaired) electrons. The van der Waals surface area contributed by atoms with Crippen LogP contribution in [0.5, 0.6) is 5.75 Å². The standard InChI is InChI=1S/C21H22N4O4.ClH/c22-12-16-6-4-5-9-19(16)29-15-18(26)13-23-10-11-24-20(27)14-25(21(24)28)17-7-2-1-3-8-17;/h1-9,18,23,26H,10-11,13-15H2;1H. The lowest BCUT2D eigenvalue weighted by Crippen LogP contribution is -2.40. The van der Waals surface area contributed by atoms with Crippen LogP contribution in [0.25, 0.3) is 0 Å². The van der Waals surface area contributed by atoms with Crippen LogP contribution in [0.4, 0.5) is 10.5 Å². The van der Waals surface area contributed by atoms with E-state index in [4.69, 9.17) is 10.00 Å². The Morgan fingerprint density at radius 2 is 1.83 bits per heavy atom. The number of halogens is 1. The predicted octanol–water partition coefficient (Wildman–Crippen LogP) is 1.78. The van der Waals surface area contributed by atoms with Crippen molar-refractivity contribution >= 4 is 30.0 Å². The van der Waals surface area contributed by atoms with Crippen LogP contribution in [0.2, 0.25) is 0 Å². The number of rotatable bonds is 9. The normalized spacial score (nSPS) is 14.3. The average molecular weight is 431 g/mol. The molecule has 8 nitrogen and oxygen atoms in total. The second-order valence-corrected chi connectivity index (χ2v) is 6.53. The molecule has 30 heavy (non-hydrogen) atoms. The van der Waals surface area contributed by atoms with Crippen LogP contribution in [-0.4, -0.2) is 60.8 Å². The molecule has 1 atom stereocenters. The largest absolute Gasteiger partial charge is 0.489 e. The van der Waals surface area contributed by atoms with Crippen molar-refractivity contribution in [1.82, 2.24) is 10.2 Å². The number of carbonyl (C=O) groups is 2. The van der Waals surface area contributed by atoms with Gasteiger partial charge in [0.05, 0.1) is 5.56 Å². The number of carbonyl (C=O) groups excluding carboxylic acids is 2. The number of aliphatic hydroxyl groups is 1. The van der Waals surface area contributed by atoms with E-state index >= 15 is 0 Å². The SMILES string of the molecule is Cl.N#Cc1ccccc1OCC(O)CNCCN1C(=O)CN(c2ccccc2)C1=O. The summed E-state index contributed by atoms with van der Waals surface area (Å²) in [7, 11) is 0. The van der Waals surface area contributed by atoms with Gasteiger partial charge in [-0.05, 0) is 24.3 Å². The van der Waals surface area contributed by atoms with Gasteiger partial charge >= 0.3 is 6.03 Å². The number of benzene rings is 2. The summed E-state index contributed by atoms with van der Waals surface area (Å²) in [6.07, 6.45) is -0.799. The molecule has 3 rings (SSSR count). The van der Waals surface area contributed by atoms with Gasteiger partial charge in [-0.3, -0.25) is 14.6 Å². The van der Waals surface area contributed by atoms with Gasteiger partial charge in [-0.25, -0.2) is 4.79 Å². The van der Waals surface area contributed by atoms with E-state index in [0.29, 0.717) is 23.5 Å². The Morgan fingerprint density at radius 3 is 2.57 bits per heavy atom. The third-order valence-electron chi connectivity index (χ3n) is 4.45. The van der Waals surface area contributed by atoms with Crippen molar-refractivity contribution in [2.75, 3.05) is 37.7 Å². The summed E-state index contributed by atoms with van der Waals surface area (Å²) in [6.45, 7) is 0.845. The fraction of sp³-hybridized carbons (Fsp3) is 0.286. The molecule has 158 valence electrons. The van der Waals surface area contributed by atoms with Crippen molar-refractivity contribution in [3.63, 3.8) is 0 Å². The van der Waals surface area contributed by atoms with Crippen LogP contribution < -0.4 is 15.0 Å². The van der Waals surface area contributed by atoms with E-state index < -0.39 is 6.10 Å². The highest BCUT2D eigenvalue weighted by atomic mass is 35.5. The van der Waals surface area contributed by atoms with Crippen molar-refractivity contribution in [2.24, 2.45) is 0 Å². The fourth-order valence-corrected chi connectivity index (χ4v) is 2.96. The molecule has 0 aromatic heterocycles. The van der Waals surface area contributed by atoms with Gasteiger partial charge in [0, 0.05) is 25.3 Å². The molecular weight excluding hydrogens is 408 g/mol. The molecule has 0 spiro atoms. The molecule has 1 fully saturated rings. The number of urea groups is 1. The van der Waals surface area contributed by atoms with Crippen molar-refractivity contribution in [3.8, 4) is 11.8 Å². The molecule has 1 unspecified atom stereocenters. The first-order chi connectivity index (χ1) is 14.1. The Balaban J connectivity index is 0.00000320. The van der Waals surface area contributed by atoms with Crippen molar-refractivity contribution in [1.29, 1.82) is 5.26 Å². The number of nitriles is 1. The number of imide groups is 1. The minimum absolute atomic E-state index is 0. The Kier molecular flexibility index (Phi) is 8.62. The maximum atomic E-state index is 12.5. The summed E-state index contributed by atoms with van der Waals surface area (Å²) >= 11 is 0. The van der Waals surface area contributed by atoms with E-state index in [-0.39, 0.29) is 50.6 Å². The van der Waals surface area contributed by atoms with E-state index in [1.165, 1.54) is 9.80 Å². The Morgan fingerprint density at radius 1 is 1.13 bits per heavy atom. The first kappa shape index (κ1) is 23.2. The zero-order valence-corrected chi connectivity index (χ0v) is 17.0. The van der Waals surface area contributed by atoms with E-state index in [1.54, 1.807) is 36.4 Å². The lowest BCUT2D eigenvalue weighted by atomic mass is 10.2. The molecule has 1 aliphatic rings. The van der Waals surface area contributed by atoms with E-state index in [1.807, 2.05) is 24.3 Å². The second kappa shape index (κ2) is 11.2. The Hall–Kier alpha value is -3.12. The van der Waals surface area contributed by atoms with Gasteiger partial charge < -0.3 is 15.2 Å². The van der Waals surface area contributed by atoms with E-state index in [0.717, 1.165) is 0 Å². The number of amides is 3. The molecule has 2 N–H and O–H groups in total. The first-order valence-corrected chi connectivity index (χ1v) is 9.27. The maximum absolute atomic E-state index is 12.5. The fourth-order valence-electron chi connectivity index (χ4n) is 2.96. The van der Waals surface area contributed by atoms with Crippen molar-refractivity contribution in [3.05, 3.63) is 60.2 Å². The molecule has 9 heteroatoms. The summed E-state index contributed by atoms with van der Waals surface area (Å²) in [5.74, 6) is 0.168. The molecule has 0 aliphatic carbocycles. The minimum atomic E-state index is -0.799. The Bertz CT molecular complexity index is 903. The summed E-state index contributed by atoms with van der Waals surface area (Å²) in [6, 6.07) is 17.5. The predicted molar refractivity (Wildman–Crippen MR) is 114 cm³/mol. The zero-order valence-electron chi connectivity index (χ0n) is 16.2. The van der Waals surface area contributed by atoms with Gasteiger partial charge in [-0.15, -0.1) is 12.4 Å². The Labute approximate surface area is 181 Å². The van der Waals surface area contributed by atoms with Crippen LogP contribution >= 0.6 is 12.4 Å². The molecule has 2 aromatic carbocycles. The highest BCUT2D eigenvalue weighted by molar-refractivity contribution is 6.12. The van der Waals surface area contributed by atoms with Crippen LogP contribution in [0, 0.1) is 11.3 Å². The third-order valence-corrected chi connectivity index (χ3v) is 4.45. The highest BCUT2D eigenvalue weighted by Gasteiger charge is 2.36. The quantitative estimate of drug-likeness (QED) is 0.464. The zero-order chi connectivity index (χ0) is 20.6. The van der Waals surface area contributed by atoms with E-state index in [2.05, 4.69) is 5.32 Å². The number of hydrogen-bond donors (Lipinski definition) is 2. The van der Waals surface area contributed by atoms with Gasteiger partial charge in [0.2, 0.25) is 0 Å². The first-order valence-electron chi connectivity index (χ1n) is 9.27. The lowest BCUT2D eigenvalue weighted by molar-refractivity contribution is -0.124. The smallest absolute Gasteiger partial charge is 0.331 e. The van der Waals surface area contributed by atoms with Gasteiger partial charge in [-0.2, -0.15) is 5.26 Å². The molecule has 3 amide bonds. The number of aliphatic hydroxyl groups excluding tert-OH is 1. The average Bonchev–Trinajstić information content (AvgIpc) is 3.04. The summed E-state index contributed by atoms with van der Waals surface area (Å²) in [5, 5.41) is 22.1. The van der Waals surface area contributed by atoms with Crippen molar-refractivity contribution < 1.29 is 19.4 Å². The van der Waals surface area contributed by atoms with Gasteiger partial charge in [-0.1, -0.05) is 30.3 Å². The molecular formula is C21H23ClN4O4. The summed E-state index contributed by atoms with van der Waals surface area (Å²) in [5.41, 5.74) is 1.09. The van der Waals surface area contributed by atoms with Gasteiger partial charge in [0.15, 0.2) is 0 Å². The third kappa shape index (κ3) is 5.70. The number of nitrogens with zero attached hydrogens (tertiary/aromatic N) is 3. The van der Waals surface area contributed by atoms with E-state index in [9.17, 15) is 14.7 Å². The number of anilines is 1. The summed E-state index contributed by atoms with van der Waals surface area (Å²) < 4.78 is 5.48. The molecule has 1 heterocycles. The molecule has 1 aliphatic heterocycles. The minimum Gasteiger partial charge on any atom is -0.489 e. The number of hydrogen-bond acceptors (Lipinski definition) is 6. The van der Waals surface area contributed by atoms with Gasteiger partial charge in [0.1, 0.15) is 31.1 Å². The topological polar surface area (TPSA) is 106 Å². The highest BCUT2D eigenvalue weighted by Crippen LogP contribution is 2.20. The monoisotopic (exact) mass is 430 g/mol. The van der Waals surface area contributed by atoms with Crippen LogP contribution in [0.1, 0.15) is 5.56 Å². The second-order valence-electron chi connectivity index (χ2n) is 6.53. The molecule has 2 aromatic rings.